The van der Waals surface area contributed by atoms with Gasteiger partial charge in [-0.2, -0.15) is 0 Å². The summed E-state index contributed by atoms with van der Waals surface area (Å²) in [6.07, 6.45) is 0.935. The normalized spacial score (nSPS) is 19.8. The van der Waals surface area contributed by atoms with Crippen molar-refractivity contribution < 1.29 is 9.53 Å². The number of amides is 1. The third kappa shape index (κ3) is 2.00. The van der Waals surface area contributed by atoms with E-state index >= 15 is 0 Å². The first-order chi connectivity index (χ1) is 8.34. The second-order valence-corrected chi connectivity index (χ2v) is 4.45. The molecule has 1 amide bonds. The van der Waals surface area contributed by atoms with Crippen LogP contribution in [0.25, 0.3) is 0 Å². The standard InChI is InChI=1S/C13H16N2O2/c16-13-12-9-11(15-5-7-17-8-6-15)2-1-10(12)3-4-14-13/h1-2,9H,3-8H2,(H,14,16). The number of carbonyl (C=O) groups excluding carboxylic acids is 1. The number of morpholine rings is 1. The van der Waals surface area contributed by atoms with Gasteiger partial charge in [-0.1, -0.05) is 6.07 Å². The summed E-state index contributed by atoms with van der Waals surface area (Å²) in [6, 6.07) is 6.21. The first kappa shape index (κ1) is 10.6. The number of nitrogens with zero attached hydrogens (tertiary/aromatic N) is 1. The Morgan fingerprint density at radius 2 is 2.06 bits per heavy atom. The van der Waals surface area contributed by atoms with Gasteiger partial charge in [-0.15, -0.1) is 0 Å². The predicted octanol–water partition coefficient (Wildman–Crippen LogP) is 0.809. The molecule has 0 spiro atoms. The third-order valence-corrected chi connectivity index (χ3v) is 3.39. The third-order valence-electron chi connectivity index (χ3n) is 3.39. The van der Waals surface area contributed by atoms with Crippen LogP contribution in [-0.2, 0) is 11.2 Å². The van der Waals surface area contributed by atoms with Crippen molar-refractivity contribution in [2.24, 2.45) is 0 Å². The quantitative estimate of drug-likeness (QED) is 0.779. The summed E-state index contributed by atoms with van der Waals surface area (Å²) in [7, 11) is 0. The van der Waals surface area contributed by atoms with Gasteiger partial charge in [-0.25, -0.2) is 0 Å². The monoisotopic (exact) mass is 232 g/mol. The number of rotatable bonds is 1. The fourth-order valence-electron chi connectivity index (χ4n) is 2.42. The van der Waals surface area contributed by atoms with Crippen molar-refractivity contribution in [2.45, 2.75) is 6.42 Å². The lowest BCUT2D eigenvalue weighted by atomic mass is 9.99. The molecule has 1 N–H and O–H groups in total. The smallest absolute Gasteiger partial charge is 0.251 e. The summed E-state index contributed by atoms with van der Waals surface area (Å²) < 4.78 is 5.33. The number of carbonyl (C=O) groups is 1. The number of hydrogen-bond donors (Lipinski definition) is 1. The fraction of sp³-hybridized carbons (Fsp3) is 0.462. The molecule has 4 nitrogen and oxygen atoms in total. The molecule has 0 bridgehead atoms. The molecule has 2 heterocycles. The van der Waals surface area contributed by atoms with Crippen molar-refractivity contribution in [3.8, 4) is 0 Å². The van der Waals surface area contributed by atoms with Crippen LogP contribution in [0.1, 0.15) is 15.9 Å². The van der Waals surface area contributed by atoms with Crippen molar-refractivity contribution in [3.63, 3.8) is 0 Å². The Bertz CT molecular complexity index is 439. The molecular formula is C13H16N2O2. The molecule has 1 aromatic carbocycles. The predicted molar refractivity (Wildman–Crippen MR) is 65.5 cm³/mol. The molecule has 1 fully saturated rings. The Morgan fingerprint density at radius 1 is 1.24 bits per heavy atom. The summed E-state index contributed by atoms with van der Waals surface area (Å²) in [5.41, 5.74) is 3.12. The first-order valence-electron chi connectivity index (χ1n) is 6.08. The van der Waals surface area contributed by atoms with Crippen molar-refractivity contribution in [1.82, 2.24) is 5.32 Å². The van der Waals surface area contributed by atoms with E-state index in [1.54, 1.807) is 0 Å². The molecule has 17 heavy (non-hydrogen) atoms. The molecule has 4 heteroatoms. The van der Waals surface area contributed by atoms with Gasteiger partial charge in [-0.3, -0.25) is 4.79 Å². The summed E-state index contributed by atoms with van der Waals surface area (Å²) in [6.45, 7) is 4.09. The zero-order valence-corrected chi connectivity index (χ0v) is 9.74. The van der Waals surface area contributed by atoms with Crippen LogP contribution in [0.5, 0.6) is 0 Å². The number of nitrogens with one attached hydrogen (secondary N) is 1. The van der Waals surface area contributed by atoms with Gasteiger partial charge < -0.3 is 15.0 Å². The van der Waals surface area contributed by atoms with Gasteiger partial charge in [-0.05, 0) is 24.1 Å². The molecule has 0 atom stereocenters. The van der Waals surface area contributed by atoms with Crippen LogP contribution < -0.4 is 10.2 Å². The minimum atomic E-state index is 0.0568. The van der Waals surface area contributed by atoms with E-state index in [1.807, 2.05) is 6.07 Å². The van der Waals surface area contributed by atoms with Crippen LogP contribution in [0.15, 0.2) is 18.2 Å². The summed E-state index contributed by atoms with van der Waals surface area (Å²) in [5, 5.41) is 2.89. The largest absolute Gasteiger partial charge is 0.378 e. The molecule has 2 aliphatic heterocycles. The molecule has 90 valence electrons. The van der Waals surface area contributed by atoms with Crippen molar-refractivity contribution >= 4 is 11.6 Å². The lowest BCUT2D eigenvalue weighted by molar-refractivity contribution is 0.0946. The van der Waals surface area contributed by atoms with Crippen LogP contribution in [-0.4, -0.2) is 38.8 Å². The van der Waals surface area contributed by atoms with E-state index in [2.05, 4.69) is 22.3 Å². The minimum Gasteiger partial charge on any atom is -0.378 e. The van der Waals surface area contributed by atoms with Crippen molar-refractivity contribution in [1.29, 1.82) is 0 Å². The van der Waals surface area contributed by atoms with Crippen LogP contribution >= 0.6 is 0 Å². The number of hydrogen-bond acceptors (Lipinski definition) is 3. The average Bonchev–Trinajstić information content (AvgIpc) is 2.40. The van der Waals surface area contributed by atoms with Crippen molar-refractivity contribution in [2.75, 3.05) is 37.7 Å². The first-order valence-corrected chi connectivity index (χ1v) is 6.08. The van der Waals surface area contributed by atoms with Gasteiger partial charge in [0.15, 0.2) is 0 Å². The van der Waals surface area contributed by atoms with E-state index in [0.29, 0.717) is 0 Å². The maximum absolute atomic E-state index is 11.8. The van der Waals surface area contributed by atoms with Crippen molar-refractivity contribution in [3.05, 3.63) is 29.3 Å². The van der Waals surface area contributed by atoms with Gasteiger partial charge in [0, 0.05) is 30.9 Å². The van der Waals surface area contributed by atoms with Gasteiger partial charge in [0.2, 0.25) is 0 Å². The number of fused-ring (bicyclic) bond motifs is 1. The maximum Gasteiger partial charge on any atom is 0.251 e. The molecule has 0 unspecified atom stereocenters. The number of benzene rings is 1. The highest BCUT2D eigenvalue weighted by molar-refractivity contribution is 5.97. The van der Waals surface area contributed by atoms with E-state index < -0.39 is 0 Å². The summed E-state index contributed by atoms with van der Waals surface area (Å²) >= 11 is 0. The van der Waals surface area contributed by atoms with Gasteiger partial charge in [0.25, 0.3) is 5.91 Å². The van der Waals surface area contributed by atoms with Gasteiger partial charge in [0.05, 0.1) is 13.2 Å². The Morgan fingerprint density at radius 3 is 2.88 bits per heavy atom. The van der Waals surface area contributed by atoms with E-state index in [0.717, 1.165) is 56.1 Å². The van der Waals surface area contributed by atoms with E-state index in [-0.39, 0.29) is 5.91 Å². The topological polar surface area (TPSA) is 41.6 Å². The Kier molecular flexibility index (Phi) is 2.73. The average molecular weight is 232 g/mol. The SMILES string of the molecule is O=C1NCCc2ccc(N3CCOCC3)cc21. The van der Waals surface area contributed by atoms with Gasteiger partial charge >= 0.3 is 0 Å². The minimum absolute atomic E-state index is 0.0568. The Balaban J connectivity index is 1.91. The van der Waals surface area contributed by atoms with Gasteiger partial charge in [0.1, 0.15) is 0 Å². The Hall–Kier alpha value is -1.55. The molecular weight excluding hydrogens is 216 g/mol. The highest BCUT2D eigenvalue weighted by atomic mass is 16.5. The lowest BCUT2D eigenvalue weighted by Gasteiger charge is -2.30. The molecule has 0 saturated carbocycles. The second kappa shape index (κ2) is 4.37. The van der Waals surface area contributed by atoms with Crippen LogP contribution in [0, 0.1) is 0 Å². The van der Waals surface area contributed by atoms with Crippen LogP contribution in [0.4, 0.5) is 5.69 Å². The second-order valence-electron chi connectivity index (χ2n) is 4.45. The zero-order chi connectivity index (χ0) is 11.7. The van der Waals surface area contributed by atoms with E-state index in [1.165, 1.54) is 0 Å². The van der Waals surface area contributed by atoms with Crippen LogP contribution in [0.3, 0.4) is 0 Å². The lowest BCUT2D eigenvalue weighted by Crippen LogP contribution is -2.37. The summed E-state index contributed by atoms with van der Waals surface area (Å²) in [4.78, 5) is 14.0. The molecule has 1 aromatic rings. The summed E-state index contributed by atoms with van der Waals surface area (Å²) in [5.74, 6) is 0.0568. The highest BCUT2D eigenvalue weighted by Crippen LogP contribution is 2.22. The number of ether oxygens (including phenoxy) is 1. The molecule has 0 aliphatic carbocycles. The highest BCUT2D eigenvalue weighted by Gasteiger charge is 2.19. The van der Waals surface area contributed by atoms with E-state index in [4.69, 9.17) is 4.74 Å². The number of anilines is 1. The van der Waals surface area contributed by atoms with Crippen LogP contribution in [0.2, 0.25) is 0 Å². The van der Waals surface area contributed by atoms with E-state index in [9.17, 15) is 4.79 Å². The molecule has 0 radical (unpaired) electrons. The maximum atomic E-state index is 11.8. The molecule has 1 saturated heterocycles. The fourth-order valence-corrected chi connectivity index (χ4v) is 2.42. The zero-order valence-electron chi connectivity index (χ0n) is 9.74. The molecule has 0 aromatic heterocycles. The molecule has 2 aliphatic rings. The molecule has 3 rings (SSSR count). The Labute approximate surface area is 101 Å².